The minimum absolute atomic E-state index is 0.0439. The molecule has 0 fully saturated rings. The van der Waals surface area contributed by atoms with Gasteiger partial charge in [-0.15, -0.1) is 11.8 Å². The number of halogens is 1. The van der Waals surface area contributed by atoms with Crippen molar-refractivity contribution in [1.82, 2.24) is 14.9 Å². The Morgan fingerprint density at radius 3 is 2.59 bits per heavy atom. The fraction of sp³-hybridized carbons (Fsp3) is 0.238. The van der Waals surface area contributed by atoms with Gasteiger partial charge in [-0.2, -0.15) is 0 Å². The van der Waals surface area contributed by atoms with Crippen molar-refractivity contribution in [3.05, 3.63) is 81.8 Å². The zero-order chi connectivity index (χ0) is 19.2. The standard InChI is InChI=1S/C21H22BrN3OS/c1-15-10-20(16(2)9-19(15)22)27-13-21(26)24-11-17-3-5-18(6-4-17)12-25-8-7-23-14-25/h3-10,14H,11-13H2,1-2H3,(H,24,26). The van der Waals surface area contributed by atoms with E-state index in [1.165, 1.54) is 16.7 Å². The van der Waals surface area contributed by atoms with E-state index in [4.69, 9.17) is 0 Å². The Morgan fingerprint density at radius 2 is 1.89 bits per heavy atom. The molecule has 140 valence electrons. The van der Waals surface area contributed by atoms with Gasteiger partial charge in [0, 0.05) is 34.9 Å². The largest absolute Gasteiger partial charge is 0.351 e. The van der Waals surface area contributed by atoms with Crippen molar-refractivity contribution in [2.24, 2.45) is 0 Å². The molecule has 1 aromatic heterocycles. The molecule has 3 aromatic rings. The van der Waals surface area contributed by atoms with Crippen molar-refractivity contribution in [2.75, 3.05) is 5.75 Å². The number of benzene rings is 2. The van der Waals surface area contributed by atoms with E-state index >= 15 is 0 Å². The third-order valence-corrected chi connectivity index (χ3v) is 6.26. The smallest absolute Gasteiger partial charge is 0.230 e. The van der Waals surface area contributed by atoms with Crippen molar-refractivity contribution < 1.29 is 4.79 Å². The van der Waals surface area contributed by atoms with Gasteiger partial charge in [-0.1, -0.05) is 40.2 Å². The van der Waals surface area contributed by atoms with Crippen LogP contribution >= 0.6 is 27.7 Å². The van der Waals surface area contributed by atoms with Gasteiger partial charge in [0.1, 0.15) is 0 Å². The summed E-state index contributed by atoms with van der Waals surface area (Å²) in [5.74, 6) is 0.461. The SMILES string of the molecule is Cc1cc(SCC(=O)NCc2ccc(Cn3ccnc3)cc2)c(C)cc1Br. The second-order valence-electron chi connectivity index (χ2n) is 6.48. The van der Waals surface area contributed by atoms with Crippen LogP contribution in [0.5, 0.6) is 0 Å². The predicted molar refractivity (Wildman–Crippen MR) is 114 cm³/mol. The van der Waals surface area contributed by atoms with Gasteiger partial charge in [-0.3, -0.25) is 4.79 Å². The Labute approximate surface area is 172 Å². The molecule has 2 aromatic carbocycles. The molecule has 0 atom stereocenters. The lowest BCUT2D eigenvalue weighted by atomic mass is 10.1. The molecule has 0 aliphatic carbocycles. The summed E-state index contributed by atoms with van der Waals surface area (Å²) in [6, 6.07) is 12.5. The molecule has 0 radical (unpaired) electrons. The molecule has 1 heterocycles. The van der Waals surface area contributed by atoms with Crippen LogP contribution in [0.25, 0.3) is 0 Å². The van der Waals surface area contributed by atoms with E-state index in [-0.39, 0.29) is 5.91 Å². The van der Waals surface area contributed by atoms with Crippen molar-refractivity contribution >= 4 is 33.6 Å². The van der Waals surface area contributed by atoms with E-state index in [2.05, 4.69) is 76.5 Å². The van der Waals surface area contributed by atoms with Crippen LogP contribution in [0.15, 0.2) is 64.5 Å². The number of hydrogen-bond donors (Lipinski definition) is 1. The normalized spacial score (nSPS) is 10.8. The van der Waals surface area contributed by atoms with Gasteiger partial charge in [-0.05, 0) is 48.2 Å². The topological polar surface area (TPSA) is 46.9 Å². The maximum atomic E-state index is 12.2. The molecule has 0 saturated heterocycles. The minimum Gasteiger partial charge on any atom is -0.351 e. The van der Waals surface area contributed by atoms with Crippen LogP contribution in [0, 0.1) is 13.8 Å². The van der Waals surface area contributed by atoms with Crippen molar-refractivity contribution in [3.8, 4) is 0 Å². The molecule has 3 rings (SSSR count). The highest BCUT2D eigenvalue weighted by Gasteiger charge is 2.07. The number of rotatable bonds is 7. The molecule has 0 aliphatic heterocycles. The molecule has 1 amide bonds. The average Bonchev–Trinajstić information content (AvgIpc) is 3.16. The van der Waals surface area contributed by atoms with Gasteiger partial charge in [0.15, 0.2) is 0 Å². The molecule has 0 spiro atoms. The third kappa shape index (κ3) is 5.71. The summed E-state index contributed by atoms with van der Waals surface area (Å²) in [5.41, 5.74) is 4.66. The summed E-state index contributed by atoms with van der Waals surface area (Å²) in [7, 11) is 0. The van der Waals surface area contributed by atoms with E-state index < -0.39 is 0 Å². The van der Waals surface area contributed by atoms with Gasteiger partial charge in [-0.25, -0.2) is 4.98 Å². The number of aromatic nitrogens is 2. The molecule has 0 bridgehead atoms. The number of hydrogen-bond acceptors (Lipinski definition) is 3. The van der Waals surface area contributed by atoms with Gasteiger partial charge >= 0.3 is 0 Å². The molecule has 0 saturated carbocycles. The number of carbonyl (C=O) groups excluding carboxylic acids is 1. The zero-order valence-electron chi connectivity index (χ0n) is 15.4. The maximum Gasteiger partial charge on any atom is 0.230 e. The Bertz CT molecular complexity index is 908. The first-order valence-electron chi connectivity index (χ1n) is 8.71. The third-order valence-electron chi connectivity index (χ3n) is 4.25. The Hall–Kier alpha value is -2.05. The van der Waals surface area contributed by atoms with E-state index in [0.717, 1.165) is 21.5 Å². The summed E-state index contributed by atoms with van der Waals surface area (Å²) in [4.78, 5) is 17.4. The fourth-order valence-electron chi connectivity index (χ4n) is 2.66. The van der Waals surface area contributed by atoms with Crippen LogP contribution in [0.2, 0.25) is 0 Å². The van der Waals surface area contributed by atoms with Gasteiger partial charge in [0.05, 0.1) is 12.1 Å². The molecular formula is C21H22BrN3OS. The number of thioether (sulfide) groups is 1. The predicted octanol–water partition coefficient (Wildman–Crippen LogP) is 4.72. The lowest BCUT2D eigenvalue weighted by Gasteiger charge is -2.10. The molecule has 1 N–H and O–H groups in total. The fourth-order valence-corrected chi connectivity index (χ4v) is 4.05. The average molecular weight is 444 g/mol. The molecule has 0 unspecified atom stereocenters. The van der Waals surface area contributed by atoms with E-state index in [9.17, 15) is 4.79 Å². The van der Waals surface area contributed by atoms with Crippen molar-refractivity contribution in [3.63, 3.8) is 0 Å². The van der Waals surface area contributed by atoms with E-state index in [0.29, 0.717) is 12.3 Å². The van der Waals surface area contributed by atoms with Crippen LogP contribution in [0.4, 0.5) is 0 Å². The lowest BCUT2D eigenvalue weighted by molar-refractivity contribution is -0.118. The first kappa shape index (κ1) is 19.7. The molecule has 27 heavy (non-hydrogen) atoms. The number of aryl methyl sites for hydroxylation is 2. The molecule has 0 aliphatic rings. The monoisotopic (exact) mass is 443 g/mol. The van der Waals surface area contributed by atoms with Gasteiger partial charge < -0.3 is 9.88 Å². The lowest BCUT2D eigenvalue weighted by Crippen LogP contribution is -2.24. The first-order chi connectivity index (χ1) is 13.0. The minimum atomic E-state index is 0.0439. The first-order valence-corrected chi connectivity index (χ1v) is 10.5. The maximum absolute atomic E-state index is 12.2. The number of carbonyl (C=O) groups is 1. The number of imidazole rings is 1. The quantitative estimate of drug-likeness (QED) is 0.537. The molecule has 6 heteroatoms. The summed E-state index contributed by atoms with van der Waals surface area (Å²) in [6.45, 7) is 5.47. The highest BCUT2D eigenvalue weighted by molar-refractivity contribution is 9.10. The molecule has 4 nitrogen and oxygen atoms in total. The second-order valence-corrected chi connectivity index (χ2v) is 8.36. The number of nitrogens with one attached hydrogen (secondary N) is 1. The van der Waals surface area contributed by atoms with E-state index in [1.54, 1.807) is 24.3 Å². The van der Waals surface area contributed by atoms with Crippen molar-refractivity contribution in [1.29, 1.82) is 0 Å². The number of nitrogens with zero attached hydrogens (tertiary/aromatic N) is 2. The zero-order valence-corrected chi connectivity index (χ0v) is 17.8. The van der Waals surface area contributed by atoms with Crippen LogP contribution in [-0.4, -0.2) is 21.2 Å². The Balaban J connectivity index is 1.47. The van der Waals surface area contributed by atoms with Gasteiger partial charge in [0.25, 0.3) is 0 Å². The van der Waals surface area contributed by atoms with Crippen molar-refractivity contribution in [2.45, 2.75) is 31.8 Å². The van der Waals surface area contributed by atoms with E-state index in [1.807, 2.05) is 10.8 Å². The highest BCUT2D eigenvalue weighted by Crippen LogP contribution is 2.28. The Morgan fingerprint density at radius 1 is 1.15 bits per heavy atom. The van der Waals surface area contributed by atoms with Gasteiger partial charge in [0.2, 0.25) is 5.91 Å². The summed E-state index contributed by atoms with van der Waals surface area (Å²) in [5, 5.41) is 3.00. The van der Waals surface area contributed by atoms with Crippen LogP contribution < -0.4 is 5.32 Å². The Kier molecular flexibility index (Phi) is 6.74. The van der Waals surface area contributed by atoms with Crippen LogP contribution in [-0.2, 0) is 17.9 Å². The second kappa shape index (κ2) is 9.24. The highest BCUT2D eigenvalue weighted by atomic mass is 79.9. The molecular weight excluding hydrogens is 422 g/mol. The summed E-state index contributed by atoms with van der Waals surface area (Å²) >= 11 is 5.12. The van der Waals surface area contributed by atoms with Crippen LogP contribution in [0.1, 0.15) is 22.3 Å². The number of amides is 1. The summed E-state index contributed by atoms with van der Waals surface area (Å²) < 4.78 is 3.13. The van der Waals surface area contributed by atoms with Crippen LogP contribution in [0.3, 0.4) is 0 Å². The summed E-state index contributed by atoms with van der Waals surface area (Å²) in [6.07, 6.45) is 5.53.